The smallest absolute Gasteiger partial charge is 0.305 e. The molecule has 3 nitrogen and oxygen atoms in total. The highest BCUT2D eigenvalue weighted by Crippen LogP contribution is 2.24. The lowest BCUT2D eigenvalue weighted by atomic mass is 9.97. The fourth-order valence-corrected chi connectivity index (χ4v) is 1.84. The second kappa shape index (κ2) is 6.76. The van der Waals surface area contributed by atoms with E-state index < -0.39 is 0 Å². The Morgan fingerprint density at radius 1 is 1.22 bits per heavy atom. The molecule has 0 spiro atoms. The van der Waals surface area contributed by atoms with Crippen molar-refractivity contribution < 1.29 is 14.3 Å². The zero-order valence-electron chi connectivity index (χ0n) is 10.2. The van der Waals surface area contributed by atoms with Gasteiger partial charge in [-0.3, -0.25) is 9.59 Å². The summed E-state index contributed by atoms with van der Waals surface area (Å²) in [5, 5.41) is 0.763. The topological polar surface area (TPSA) is 43.4 Å². The fraction of sp³-hybridized carbons (Fsp3) is 0.385. The minimum absolute atomic E-state index is 0.0648. The number of hydrogen-bond donors (Lipinski definition) is 0. The van der Waals surface area contributed by atoms with Crippen molar-refractivity contribution in [2.45, 2.75) is 19.8 Å². The van der Waals surface area contributed by atoms with Crippen LogP contribution in [0.1, 0.15) is 30.1 Å². The van der Waals surface area contributed by atoms with Gasteiger partial charge in [0.25, 0.3) is 0 Å². The summed E-state index contributed by atoms with van der Waals surface area (Å²) in [6.07, 6.45) is 0.497. The Morgan fingerprint density at radius 2 is 1.89 bits per heavy atom. The van der Waals surface area contributed by atoms with E-state index in [0.717, 1.165) is 0 Å². The summed E-state index contributed by atoms with van der Waals surface area (Å²) in [4.78, 5) is 23.0. The lowest BCUT2D eigenvalue weighted by Gasteiger charge is -2.09. The normalized spacial score (nSPS) is 12.0. The van der Waals surface area contributed by atoms with Crippen LogP contribution in [0.2, 0.25) is 10.0 Å². The molecule has 0 saturated heterocycles. The lowest BCUT2D eigenvalue weighted by Crippen LogP contribution is -2.11. The number of carbonyl (C=O) groups is 2. The van der Waals surface area contributed by atoms with Gasteiger partial charge in [0.1, 0.15) is 0 Å². The molecule has 1 atom stereocenters. The number of ether oxygens (including phenoxy) is 1. The largest absolute Gasteiger partial charge is 0.469 e. The molecule has 0 radical (unpaired) electrons. The summed E-state index contributed by atoms with van der Waals surface area (Å²) in [7, 11) is 1.33. The van der Waals surface area contributed by atoms with Crippen molar-refractivity contribution in [2.75, 3.05) is 7.11 Å². The van der Waals surface area contributed by atoms with Crippen LogP contribution in [0.25, 0.3) is 0 Å². The van der Waals surface area contributed by atoms with Gasteiger partial charge in [0, 0.05) is 18.4 Å². The minimum atomic E-state index is -0.315. The molecular formula is C13H14Cl2O3. The van der Waals surface area contributed by atoms with Gasteiger partial charge in [0.2, 0.25) is 0 Å². The van der Waals surface area contributed by atoms with Gasteiger partial charge < -0.3 is 4.74 Å². The maximum Gasteiger partial charge on any atom is 0.305 e. The molecule has 0 amide bonds. The van der Waals surface area contributed by atoms with Crippen molar-refractivity contribution >= 4 is 35.0 Å². The van der Waals surface area contributed by atoms with Gasteiger partial charge in [-0.2, -0.15) is 0 Å². The van der Waals surface area contributed by atoms with E-state index in [1.165, 1.54) is 13.2 Å². The first-order valence-electron chi connectivity index (χ1n) is 5.49. The molecule has 0 N–H and O–H groups in total. The maximum absolute atomic E-state index is 11.9. The molecule has 1 aromatic carbocycles. The molecule has 0 saturated carbocycles. The van der Waals surface area contributed by atoms with Crippen LogP contribution in [0.5, 0.6) is 0 Å². The molecular weight excluding hydrogens is 275 g/mol. The molecule has 0 aliphatic heterocycles. The van der Waals surface area contributed by atoms with E-state index in [-0.39, 0.29) is 30.5 Å². The number of carbonyl (C=O) groups excluding carboxylic acids is 2. The van der Waals surface area contributed by atoms with Gasteiger partial charge in [-0.1, -0.05) is 30.1 Å². The Labute approximate surface area is 116 Å². The number of esters is 1. The molecule has 1 aromatic rings. The van der Waals surface area contributed by atoms with E-state index in [9.17, 15) is 9.59 Å². The number of hydrogen-bond acceptors (Lipinski definition) is 3. The average molecular weight is 289 g/mol. The molecule has 0 aromatic heterocycles. The van der Waals surface area contributed by atoms with Gasteiger partial charge in [-0.15, -0.1) is 0 Å². The van der Waals surface area contributed by atoms with E-state index in [0.29, 0.717) is 15.6 Å². The zero-order valence-corrected chi connectivity index (χ0v) is 11.7. The van der Waals surface area contributed by atoms with E-state index in [4.69, 9.17) is 23.2 Å². The van der Waals surface area contributed by atoms with E-state index in [2.05, 4.69) is 4.74 Å². The predicted molar refractivity (Wildman–Crippen MR) is 71.2 cm³/mol. The van der Waals surface area contributed by atoms with Crippen molar-refractivity contribution in [3.8, 4) is 0 Å². The number of Topliss-reactive ketones (excluding diaryl/α,β-unsaturated/α-hetero) is 1. The molecule has 0 fully saturated rings. The quantitative estimate of drug-likeness (QED) is 0.612. The Bertz CT molecular complexity index is 458. The Kier molecular flexibility index (Phi) is 5.63. The number of methoxy groups -OCH3 is 1. The third-order valence-corrected chi connectivity index (χ3v) is 3.26. The van der Waals surface area contributed by atoms with Crippen molar-refractivity contribution in [3.63, 3.8) is 0 Å². The Morgan fingerprint density at radius 3 is 2.44 bits per heavy atom. The van der Waals surface area contributed by atoms with Gasteiger partial charge in [-0.25, -0.2) is 0 Å². The molecule has 0 unspecified atom stereocenters. The summed E-state index contributed by atoms with van der Waals surface area (Å²) in [5.41, 5.74) is 0.501. The van der Waals surface area contributed by atoms with Crippen molar-refractivity contribution in [3.05, 3.63) is 33.8 Å². The van der Waals surface area contributed by atoms with Crippen LogP contribution < -0.4 is 0 Å². The highest BCUT2D eigenvalue weighted by Gasteiger charge is 2.15. The van der Waals surface area contributed by atoms with E-state index >= 15 is 0 Å². The highest BCUT2D eigenvalue weighted by atomic mass is 35.5. The summed E-state index contributed by atoms with van der Waals surface area (Å²) < 4.78 is 4.55. The first-order valence-corrected chi connectivity index (χ1v) is 6.24. The first-order chi connectivity index (χ1) is 8.43. The number of benzene rings is 1. The SMILES string of the molecule is COC(=O)C[C@@H](C)CC(=O)c1ccc(Cl)c(Cl)c1. The lowest BCUT2D eigenvalue weighted by molar-refractivity contribution is -0.141. The molecule has 0 heterocycles. The monoisotopic (exact) mass is 288 g/mol. The number of rotatable bonds is 5. The third-order valence-electron chi connectivity index (χ3n) is 2.52. The maximum atomic E-state index is 11.9. The fourth-order valence-electron chi connectivity index (χ4n) is 1.54. The van der Waals surface area contributed by atoms with E-state index in [1.807, 2.05) is 6.92 Å². The molecule has 0 aliphatic rings. The van der Waals surface area contributed by atoms with Crippen molar-refractivity contribution in [2.24, 2.45) is 5.92 Å². The number of halogens is 2. The summed E-state index contributed by atoms with van der Waals surface area (Å²) in [5.74, 6) is -0.450. The summed E-state index contributed by atoms with van der Waals surface area (Å²) in [6, 6.07) is 4.75. The van der Waals surface area contributed by atoms with Crippen LogP contribution >= 0.6 is 23.2 Å². The van der Waals surface area contributed by atoms with Crippen molar-refractivity contribution in [1.29, 1.82) is 0 Å². The molecule has 18 heavy (non-hydrogen) atoms. The van der Waals surface area contributed by atoms with Gasteiger partial charge >= 0.3 is 5.97 Å². The molecule has 5 heteroatoms. The second-order valence-electron chi connectivity index (χ2n) is 4.14. The third kappa shape index (κ3) is 4.31. The summed E-state index contributed by atoms with van der Waals surface area (Å²) in [6.45, 7) is 1.83. The predicted octanol–water partition coefficient (Wildman–Crippen LogP) is 3.77. The van der Waals surface area contributed by atoms with Crippen LogP contribution in [0.4, 0.5) is 0 Å². The number of ketones is 1. The Hall–Kier alpha value is -1.06. The second-order valence-corrected chi connectivity index (χ2v) is 4.96. The molecule has 98 valence electrons. The van der Waals surface area contributed by atoms with Crippen LogP contribution in [0.3, 0.4) is 0 Å². The van der Waals surface area contributed by atoms with Crippen LogP contribution in [0.15, 0.2) is 18.2 Å². The molecule has 0 aliphatic carbocycles. The van der Waals surface area contributed by atoms with E-state index in [1.54, 1.807) is 12.1 Å². The van der Waals surface area contributed by atoms with Gasteiger partial charge in [-0.05, 0) is 24.1 Å². The highest BCUT2D eigenvalue weighted by molar-refractivity contribution is 6.42. The zero-order chi connectivity index (χ0) is 13.7. The van der Waals surface area contributed by atoms with Crippen molar-refractivity contribution in [1.82, 2.24) is 0 Å². The first kappa shape index (κ1) is 15.0. The average Bonchev–Trinajstić information content (AvgIpc) is 2.32. The minimum Gasteiger partial charge on any atom is -0.469 e. The summed E-state index contributed by atoms with van der Waals surface area (Å²) >= 11 is 11.6. The van der Waals surface area contributed by atoms with Gasteiger partial charge in [0.15, 0.2) is 5.78 Å². The van der Waals surface area contributed by atoms with Crippen LogP contribution in [0, 0.1) is 5.92 Å². The van der Waals surface area contributed by atoms with Crippen LogP contribution in [-0.2, 0) is 9.53 Å². The standard InChI is InChI=1S/C13H14Cl2O3/c1-8(6-13(17)18-2)5-12(16)9-3-4-10(14)11(15)7-9/h3-4,7-8H,5-6H2,1-2H3/t8-/m0/s1. The molecule has 1 rings (SSSR count). The van der Waals surface area contributed by atoms with Crippen LogP contribution in [-0.4, -0.2) is 18.9 Å². The molecule has 0 bridgehead atoms. The Balaban J connectivity index is 2.64. The van der Waals surface area contributed by atoms with Gasteiger partial charge in [0.05, 0.1) is 17.2 Å².